The molecule has 2 aliphatic heterocycles. The molecule has 3 heterocycles. The van der Waals surface area contributed by atoms with Gasteiger partial charge in [0.15, 0.2) is 0 Å². The lowest BCUT2D eigenvalue weighted by atomic mass is 9.33. The standard InChI is InChI=1S/C57H47BN2S/c1-35-28-50-55-51(29-35)60(47-30-39(25-24-36(47)2)37-16-9-7-10-17-37)49-33-43-42(56(3,4)34-57(43,5)6)32-45(49)58(55)44-27-26-40(38-18-11-8-12-19-38)31-48(44)59(50)46-21-15-23-53-54(46)41-20-13-14-22-52(41)61-53/h7-33H,34H2,1-6H3. The third kappa shape index (κ3) is 5.41. The Morgan fingerprint density at radius 1 is 0.459 bits per heavy atom. The lowest BCUT2D eigenvalue weighted by Gasteiger charge is -2.45. The molecule has 4 heteroatoms. The Balaban J connectivity index is 1.21. The number of anilines is 6. The van der Waals surface area contributed by atoms with Crippen LogP contribution >= 0.6 is 11.3 Å². The predicted octanol–water partition coefficient (Wildman–Crippen LogP) is 14.0. The summed E-state index contributed by atoms with van der Waals surface area (Å²) in [6, 6.07) is 62.1. The molecule has 9 aromatic rings. The van der Waals surface area contributed by atoms with Gasteiger partial charge in [-0.15, -0.1) is 11.3 Å². The molecule has 2 nitrogen and oxygen atoms in total. The van der Waals surface area contributed by atoms with Gasteiger partial charge in [0.2, 0.25) is 0 Å². The Morgan fingerprint density at radius 2 is 1.03 bits per heavy atom. The zero-order valence-corrected chi connectivity index (χ0v) is 36.5. The van der Waals surface area contributed by atoms with E-state index in [-0.39, 0.29) is 17.5 Å². The number of nitrogens with zero attached hydrogens (tertiary/aromatic N) is 2. The van der Waals surface area contributed by atoms with E-state index in [0.717, 1.165) is 6.42 Å². The molecular weight excluding hydrogens is 756 g/mol. The minimum atomic E-state index is 0.0359. The Hall–Kier alpha value is -6.36. The predicted molar refractivity (Wildman–Crippen MR) is 264 cm³/mol. The Bertz CT molecular complexity index is 3270. The van der Waals surface area contributed by atoms with Crippen molar-refractivity contribution in [2.45, 2.75) is 58.8 Å². The zero-order valence-electron chi connectivity index (χ0n) is 35.7. The number of hydrogen-bond donors (Lipinski definition) is 0. The van der Waals surface area contributed by atoms with Crippen LogP contribution in [0.5, 0.6) is 0 Å². The van der Waals surface area contributed by atoms with Crippen LogP contribution in [0.4, 0.5) is 34.1 Å². The second-order valence-electron chi connectivity index (χ2n) is 19.0. The van der Waals surface area contributed by atoms with Crippen molar-refractivity contribution in [2.75, 3.05) is 9.80 Å². The molecule has 0 saturated carbocycles. The van der Waals surface area contributed by atoms with Crippen LogP contribution in [0.15, 0.2) is 164 Å². The fourth-order valence-electron chi connectivity index (χ4n) is 11.5. The van der Waals surface area contributed by atoms with Gasteiger partial charge in [-0.1, -0.05) is 143 Å². The number of rotatable bonds is 4. The molecule has 0 atom stereocenters. The maximum atomic E-state index is 2.64. The van der Waals surface area contributed by atoms with Gasteiger partial charge in [0.1, 0.15) is 0 Å². The first-order chi connectivity index (χ1) is 29.6. The summed E-state index contributed by atoms with van der Waals surface area (Å²) in [4.78, 5) is 5.27. The van der Waals surface area contributed by atoms with Gasteiger partial charge < -0.3 is 9.80 Å². The van der Waals surface area contributed by atoms with Crippen LogP contribution in [-0.2, 0) is 10.8 Å². The molecule has 1 aromatic heterocycles. The maximum Gasteiger partial charge on any atom is 0.252 e. The first kappa shape index (κ1) is 36.5. The molecule has 0 N–H and O–H groups in total. The summed E-state index contributed by atoms with van der Waals surface area (Å²) in [6.45, 7) is 14.4. The number of aryl methyl sites for hydroxylation is 2. The van der Waals surface area contributed by atoms with Crippen molar-refractivity contribution in [3.63, 3.8) is 0 Å². The van der Waals surface area contributed by atoms with Crippen molar-refractivity contribution in [2.24, 2.45) is 0 Å². The molecule has 12 rings (SSSR count). The van der Waals surface area contributed by atoms with E-state index in [1.54, 1.807) is 0 Å². The third-order valence-corrected chi connectivity index (χ3v) is 15.1. The van der Waals surface area contributed by atoms with E-state index in [1.165, 1.54) is 115 Å². The van der Waals surface area contributed by atoms with Crippen LogP contribution in [0, 0.1) is 13.8 Å². The normalized spacial score (nSPS) is 15.5. The highest BCUT2D eigenvalue weighted by Crippen LogP contribution is 2.54. The Kier molecular flexibility index (Phi) is 7.82. The van der Waals surface area contributed by atoms with Crippen molar-refractivity contribution >= 4 is 88.7 Å². The van der Waals surface area contributed by atoms with Gasteiger partial charge in [-0.2, -0.15) is 0 Å². The molecule has 0 amide bonds. The van der Waals surface area contributed by atoms with E-state index in [9.17, 15) is 0 Å². The van der Waals surface area contributed by atoms with E-state index < -0.39 is 0 Å². The van der Waals surface area contributed by atoms with E-state index >= 15 is 0 Å². The number of fused-ring (bicyclic) bond motifs is 8. The average Bonchev–Trinajstić information content (AvgIpc) is 3.73. The first-order valence-corrected chi connectivity index (χ1v) is 22.6. The monoisotopic (exact) mass is 802 g/mol. The molecule has 0 unspecified atom stereocenters. The van der Waals surface area contributed by atoms with Gasteiger partial charge >= 0.3 is 0 Å². The molecule has 0 radical (unpaired) electrons. The lowest BCUT2D eigenvalue weighted by molar-refractivity contribution is 0.403. The van der Waals surface area contributed by atoms with Gasteiger partial charge in [-0.3, -0.25) is 0 Å². The second kappa shape index (κ2) is 13.1. The first-order valence-electron chi connectivity index (χ1n) is 21.8. The van der Waals surface area contributed by atoms with Crippen molar-refractivity contribution < 1.29 is 0 Å². The van der Waals surface area contributed by atoms with E-state index in [0.29, 0.717) is 0 Å². The second-order valence-corrected chi connectivity index (χ2v) is 20.1. The SMILES string of the molecule is Cc1cc2c3c(c1)N(c1cccc4sc5ccccc5c14)c1cc(-c4ccccc4)ccc1B3c1cc3c(cc1N2c1cc(-c2ccccc2)ccc1C)C(C)(C)CC3(C)C. The van der Waals surface area contributed by atoms with Gasteiger partial charge in [-0.25, -0.2) is 0 Å². The van der Waals surface area contributed by atoms with Gasteiger partial charge in [0, 0.05) is 48.6 Å². The minimum absolute atomic E-state index is 0.0359. The number of hydrogen-bond acceptors (Lipinski definition) is 3. The number of benzene rings is 8. The van der Waals surface area contributed by atoms with Crippen molar-refractivity contribution in [1.82, 2.24) is 0 Å². The largest absolute Gasteiger partial charge is 0.311 e. The van der Waals surface area contributed by atoms with Crippen LogP contribution in [0.1, 0.15) is 56.4 Å². The topological polar surface area (TPSA) is 6.48 Å². The Labute approximate surface area is 363 Å². The maximum absolute atomic E-state index is 2.64. The lowest BCUT2D eigenvalue weighted by Crippen LogP contribution is -2.61. The smallest absolute Gasteiger partial charge is 0.252 e. The molecule has 61 heavy (non-hydrogen) atoms. The number of thiophene rings is 1. The summed E-state index contributed by atoms with van der Waals surface area (Å²) in [5.41, 5.74) is 22.1. The molecular formula is C57H47BN2S. The highest BCUT2D eigenvalue weighted by Gasteiger charge is 2.48. The molecule has 0 saturated heterocycles. The fourth-order valence-corrected chi connectivity index (χ4v) is 12.6. The highest BCUT2D eigenvalue weighted by atomic mass is 32.1. The summed E-state index contributed by atoms with van der Waals surface area (Å²) in [5, 5.41) is 2.62. The van der Waals surface area contributed by atoms with Crippen LogP contribution in [0.2, 0.25) is 0 Å². The van der Waals surface area contributed by atoms with Crippen LogP contribution in [0.25, 0.3) is 42.4 Å². The molecule has 1 aliphatic carbocycles. The highest BCUT2D eigenvalue weighted by molar-refractivity contribution is 7.26. The molecule has 0 bridgehead atoms. The molecule has 0 fully saturated rings. The zero-order chi connectivity index (χ0) is 41.4. The van der Waals surface area contributed by atoms with Crippen molar-refractivity contribution in [3.8, 4) is 22.3 Å². The summed E-state index contributed by atoms with van der Waals surface area (Å²) < 4.78 is 2.63. The average molecular weight is 803 g/mol. The van der Waals surface area contributed by atoms with Gasteiger partial charge in [0.25, 0.3) is 6.71 Å². The summed E-state index contributed by atoms with van der Waals surface area (Å²) in [5.74, 6) is 0. The third-order valence-electron chi connectivity index (χ3n) is 14.0. The van der Waals surface area contributed by atoms with Gasteiger partial charge in [0.05, 0.1) is 5.69 Å². The summed E-state index contributed by atoms with van der Waals surface area (Å²) in [7, 11) is 0. The van der Waals surface area contributed by atoms with E-state index in [4.69, 9.17) is 0 Å². The summed E-state index contributed by atoms with van der Waals surface area (Å²) in [6.07, 6.45) is 1.12. The quantitative estimate of drug-likeness (QED) is 0.164. The van der Waals surface area contributed by atoms with Gasteiger partial charge in [-0.05, 0) is 141 Å². The van der Waals surface area contributed by atoms with Crippen molar-refractivity contribution in [3.05, 3.63) is 186 Å². The molecule has 0 spiro atoms. The summed E-state index contributed by atoms with van der Waals surface area (Å²) >= 11 is 1.89. The van der Waals surface area contributed by atoms with E-state index in [2.05, 4.69) is 215 Å². The van der Waals surface area contributed by atoms with Crippen LogP contribution in [-0.4, -0.2) is 6.71 Å². The molecule has 3 aliphatic rings. The van der Waals surface area contributed by atoms with E-state index in [1.807, 2.05) is 11.3 Å². The van der Waals surface area contributed by atoms with Crippen molar-refractivity contribution in [1.29, 1.82) is 0 Å². The van der Waals surface area contributed by atoms with Crippen LogP contribution < -0.4 is 26.2 Å². The van der Waals surface area contributed by atoms with Crippen LogP contribution in [0.3, 0.4) is 0 Å². The Morgan fingerprint density at radius 3 is 1.74 bits per heavy atom. The fraction of sp³-hybridized carbons (Fsp3) is 0.158. The minimum Gasteiger partial charge on any atom is -0.311 e. The molecule has 294 valence electrons. The molecule has 8 aromatic carbocycles.